The molecular weight excluding hydrogens is 621 g/mol. The zero-order valence-electron chi connectivity index (χ0n) is 29.1. The highest BCUT2D eigenvalue weighted by molar-refractivity contribution is 6.30. The molecule has 0 saturated carbocycles. The number of rotatable bonds is 5. The van der Waals surface area contributed by atoms with E-state index in [1.165, 1.54) is 39.0 Å². The van der Waals surface area contributed by atoms with Gasteiger partial charge in [-0.15, -0.1) is 0 Å². The van der Waals surface area contributed by atoms with Crippen LogP contribution < -0.4 is 16.2 Å². The van der Waals surface area contributed by atoms with Crippen LogP contribution >= 0.6 is 0 Å². The van der Waals surface area contributed by atoms with Gasteiger partial charge in [0.05, 0.1) is 33.5 Å². The Labute approximate surface area is 298 Å². The predicted octanol–water partition coefficient (Wildman–Crippen LogP) is 9.04. The fourth-order valence-electron chi connectivity index (χ4n) is 7.96. The van der Waals surface area contributed by atoms with Crippen LogP contribution in [-0.4, -0.2) is 15.1 Å². The van der Waals surface area contributed by atoms with E-state index in [1.807, 2.05) is 0 Å². The van der Waals surface area contributed by atoms with Crippen LogP contribution in [0.25, 0.3) is 22.3 Å². The Hall–Kier alpha value is -6.39. The smallest absolute Gasteiger partial charge is 0.0746 e. The summed E-state index contributed by atoms with van der Waals surface area (Å²) in [5, 5.41) is 2.12. The first-order valence-electron chi connectivity index (χ1n) is 17.7. The van der Waals surface area contributed by atoms with E-state index in [-0.39, 0.29) is 0 Å². The number of benzene rings is 4. The molecule has 4 bridgehead atoms. The highest BCUT2D eigenvalue weighted by atomic mass is 15.7. The minimum absolute atomic E-state index is 0.872. The number of nitrogens with zero attached hydrogens (tertiary/aromatic N) is 3. The molecule has 9 rings (SSSR count). The number of fused-ring (bicyclic) bond motifs is 1. The zero-order chi connectivity index (χ0) is 34.5. The van der Waals surface area contributed by atoms with Crippen molar-refractivity contribution in [1.29, 1.82) is 0 Å². The van der Waals surface area contributed by atoms with Gasteiger partial charge in [-0.3, -0.25) is 0 Å². The van der Waals surface area contributed by atoms with E-state index in [2.05, 4.69) is 193 Å². The second-order valence-electron chi connectivity index (χ2n) is 13.2. The van der Waals surface area contributed by atoms with Crippen LogP contribution in [0, 0.1) is 0 Å². The first kappa shape index (κ1) is 30.7. The molecule has 1 N–H and O–H groups in total. The summed E-state index contributed by atoms with van der Waals surface area (Å²) in [6.45, 7) is 6.87. The average molecular weight is 659 g/mol. The fourth-order valence-corrected chi connectivity index (χ4v) is 7.96. The molecule has 0 fully saturated rings. The molecule has 0 radical (unpaired) electrons. The monoisotopic (exact) mass is 658 g/mol. The van der Waals surface area contributed by atoms with Crippen LogP contribution in [0.4, 0.5) is 0 Å². The highest BCUT2D eigenvalue weighted by Crippen LogP contribution is 2.40. The number of aliphatic imine (C=N–C) groups is 1. The Bertz CT molecular complexity index is 2610. The molecule has 0 saturated heterocycles. The maximum Gasteiger partial charge on any atom is 0.0746 e. The molecule has 4 nitrogen and oxygen atoms in total. The molecule has 246 valence electrons. The number of allylic oxidation sites excluding steroid dienone is 5. The quantitative estimate of drug-likeness (QED) is 0.197. The van der Waals surface area contributed by atoms with Gasteiger partial charge in [0.1, 0.15) is 0 Å². The van der Waals surface area contributed by atoms with Crippen molar-refractivity contribution in [3.63, 3.8) is 0 Å². The summed E-state index contributed by atoms with van der Waals surface area (Å²) >= 11 is 0. The first-order chi connectivity index (χ1) is 25.1. The van der Waals surface area contributed by atoms with Crippen molar-refractivity contribution in [3.8, 4) is 0 Å². The Morgan fingerprint density at radius 3 is 1.49 bits per heavy atom. The number of hydrogen-bond donors (Lipinski definition) is 1. The average Bonchev–Trinajstić information content (AvgIpc) is 3.93. The van der Waals surface area contributed by atoms with Gasteiger partial charge in [-0.2, -0.15) is 0 Å². The third kappa shape index (κ3) is 5.02. The number of hydrogen-bond acceptors (Lipinski definition) is 2. The molecule has 5 heterocycles. The number of aromatic nitrogens is 2. The minimum Gasteiger partial charge on any atom is -0.248 e. The van der Waals surface area contributed by atoms with Crippen molar-refractivity contribution in [2.75, 3.05) is 5.53 Å². The lowest BCUT2D eigenvalue weighted by atomic mass is 9.86. The lowest BCUT2D eigenvalue weighted by molar-refractivity contribution is 0.708. The van der Waals surface area contributed by atoms with Crippen molar-refractivity contribution in [2.45, 2.75) is 27.2 Å². The normalized spacial score (nSPS) is 21.7. The minimum atomic E-state index is 0.872. The van der Waals surface area contributed by atoms with Crippen LogP contribution in [0.3, 0.4) is 0 Å². The maximum atomic E-state index is 5.44. The van der Waals surface area contributed by atoms with E-state index < -0.39 is 0 Å². The van der Waals surface area contributed by atoms with Crippen LogP contribution in [0.5, 0.6) is 0 Å². The van der Waals surface area contributed by atoms with Crippen molar-refractivity contribution in [1.82, 2.24) is 9.35 Å². The second-order valence-corrected chi connectivity index (χ2v) is 13.2. The molecular formula is C47H38N4. The van der Waals surface area contributed by atoms with Crippen LogP contribution in [-0.2, 0) is 0 Å². The number of nitrogens with one attached hydrogen (secondary N) is 1. The van der Waals surface area contributed by atoms with E-state index in [1.54, 1.807) is 0 Å². The highest BCUT2D eigenvalue weighted by Gasteiger charge is 2.28. The van der Waals surface area contributed by atoms with Crippen LogP contribution in [0.2, 0.25) is 0 Å². The van der Waals surface area contributed by atoms with Gasteiger partial charge in [0.2, 0.25) is 0 Å². The Morgan fingerprint density at radius 2 is 0.941 bits per heavy atom. The summed E-state index contributed by atoms with van der Waals surface area (Å²) in [6.07, 6.45) is 5.23. The molecule has 4 aromatic carbocycles. The van der Waals surface area contributed by atoms with Gasteiger partial charge >= 0.3 is 0 Å². The topological polar surface area (TPSA) is 34.2 Å². The summed E-state index contributed by atoms with van der Waals surface area (Å²) < 4.78 is 4.59. The third-order valence-electron chi connectivity index (χ3n) is 10.4. The molecule has 0 spiro atoms. The molecule has 0 amide bonds. The van der Waals surface area contributed by atoms with E-state index in [9.17, 15) is 0 Å². The summed E-state index contributed by atoms with van der Waals surface area (Å²) in [6, 6.07) is 52.1. The van der Waals surface area contributed by atoms with E-state index >= 15 is 0 Å². The van der Waals surface area contributed by atoms with E-state index in [0.717, 1.165) is 62.2 Å². The second kappa shape index (κ2) is 12.5. The molecule has 3 aliphatic heterocycles. The molecule has 0 aliphatic carbocycles. The van der Waals surface area contributed by atoms with Gasteiger partial charge in [-0.05, 0) is 95.7 Å². The van der Waals surface area contributed by atoms with Gasteiger partial charge in [0, 0.05) is 22.3 Å². The molecule has 0 atom stereocenters. The standard InChI is InChI=1S/C47H38N4/c1-4-37-31(2)32(3)44(33-17-9-5-10-18-33)40-27-29-42-46(35-21-13-7-14-22-35)38-25-26-39(48-38)47(36-23-15-8-16-24-36)43-30-28-41(51(43)49-50(40)42)45(37)34-19-11-6-12-20-34/h5-30,49H,4H2,1-3H3/b32-31+,37-31?,44-32?,44-40+,45-37+,45-41?,46-38?,46-42-,47-39-,47-43?. The van der Waals surface area contributed by atoms with Gasteiger partial charge in [0.15, 0.2) is 0 Å². The Morgan fingerprint density at radius 1 is 0.471 bits per heavy atom. The SMILES string of the molecule is CCC1=C(\c2ccccc2)c2ccc3n2Nn2/c(cc/c2=C(c2ccccc2)/C(C)=C/1C)=C(/c1ccccc1)C1=N/C(=C\3c2ccccc2)C=C1. The van der Waals surface area contributed by atoms with Crippen molar-refractivity contribution in [2.24, 2.45) is 4.99 Å². The van der Waals surface area contributed by atoms with Gasteiger partial charge in [-0.25, -0.2) is 19.9 Å². The van der Waals surface area contributed by atoms with Crippen molar-refractivity contribution in [3.05, 3.63) is 225 Å². The molecule has 3 aliphatic rings. The van der Waals surface area contributed by atoms with Crippen molar-refractivity contribution >= 4 is 28.0 Å². The predicted molar refractivity (Wildman–Crippen MR) is 211 cm³/mol. The summed E-state index contributed by atoms with van der Waals surface area (Å²) in [5.74, 6) is 0. The molecule has 51 heavy (non-hydrogen) atoms. The van der Waals surface area contributed by atoms with Gasteiger partial charge in [0.25, 0.3) is 0 Å². The summed E-state index contributed by atoms with van der Waals surface area (Å²) in [5.41, 5.74) is 21.0. The molecule has 2 aromatic heterocycles. The Balaban J connectivity index is 1.54. The Kier molecular flexibility index (Phi) is 7.51. The first-order valence-corrected chi connectivity index (χ1v) is 17.7. The fraction of sp³-hybridized carbons (Fsp3) is 0.0851. The summed E-state index contributed by atoms with van der Waals surface area (Å²) in [7, 11) is 0. The van der Waals surface area contributed by atoms with Crippen LogP contribution in [0.15, 0.2) is 185 Å². The van der Waals surface area contributed by atoms with E-state index in [0.29, 0.717) is 0 Å². The lowest BCUT2D eigenvalue weighted by Crippen LogP contribution is -2.42. The largest absolute Gasteiger partial charge is 0.248 e. The molecule has 0 unspecified atom stereocenters. The zero-order valence-corrected chi connectivity index (χ0v) is 29.1. The van der Waals surface area contributed by atoms with Gasteiger partial charge in [-0.1, -0.05) is 128 Å². The molecule has 6 aromatic rings. The van der Waals surface area contributed by atoms with Crippen molar-refractivity contribution < 1.29 is 0 Å². The third-order valence-corrected chi connectivity index (χ3v) is 10.4. The van der Waals surface area contributed by atoms with Crippen LogP contribution in [0.1, 0.15) is 60.8 Å². The summed E-state index contributed by atoms with van der Waals surface area (Å²) in [4.78, 5) is 5.44. The van der Waals surface area contributed by atoms with Gasteiger partial charge < -0.3 is 0 Å². The maximum absolute atomic E-state index is 5.44. The lowest BCUT2D eigenvalue weighted by Gasteiger charge is -2.26. The molecule has 4 heteroatoms. The van der Waals surface area contributed by atoms with E-state index in [4.69, 9.17) is 4.99 Å².